The van der Waals surface area contributed by atoms with Gasteiger partial charge >= 0.3 is 13.1 Å². The molecule has 1 atom stereocenters. The van der Waals surface area contributed by atoms with E-state index in [-0.39, 0.29) is 24.0 Å². The lowest BCUT2D eigenvalue weighted by atomic mass is 9.66. The number of hydrogen-bond acceptors (Lipinski definition) is 6. The summed E-state index contributed by atoms with van der Waals surface area (Å²) in [6.07, 6.45) is 0.112. The van der Waals surface area contributed by atoms with Crippen LogP contribution in [0.25, 0.3) is 0 Å². The average Bonchev–Trinajstić information content (AvgIpc) is 2.76. The monoisotopic (exact) mass is 364 g/mol. The van der Waals surface area contributed by atoms with Crippen molar-refractivity contribution in [3.8, 4) is 11.5 Å². The van der Waals surface area contributed by atoms with E-state index in [2.05, 4.69) is 0 Å². The SMILES string of the molecule is CCOC(=O)CC(B1OC(C)(C)C(C)(C)O1)c1ccc(O)c(OCC)c1. The quantitative estimate of drug-likeness (QED) is 0.590. The fourth-order valence-electron chi connectivity index (χ4n) is 2.86. The minimum atomic E-state index is -0.608. The molecule has 6 nitrogen and oxygen atoms in total. The van der Waals surface area contributed by atoms with Crippen LogP contribution in [0.4, 0.5) is 0 Å². The van der Waals surface area contributed by atoms with E-state index in [1.807, 2.05) is 34.6 Å². The molecule has 1 saturated heterocycles. The minimum absolute atomic E-state index is 0.0550. The van der Waals surface area contributed by atoms with E-state index < -0.39 is 18.3 Å². The molecule has 1 aromatic carbocycles. The first kappa shape index (κ1) is 20.6. The lowest BCUT2D eigenvalue weighted by Crippen LogP contribution is -2.41. The summed E-state index contributed by atoms with van der Waals surface area (Å²) in [5.41, 5.74) is -0.230. The highest BCUT2D eigenvalue weighted by molar-refractivity contribution is 6.48. The molecule has 1 fully saturated rings. The summed E-state index contributed by atoms with van der Waals surface area (Å²) in [6, 6.07) is 5.05. The van der Waals surface area contributed by atoms with Crippen molar-refractivity contribution in [1.29, 1.82) is 0 Å². The Morgan fingerprint density at radius 3 is 2.31 bits per heavy atom. The number of esters is 1. The first-order valence-electron chi connectivity index (χ1n) is 9.08. The van der Waals surface area contributed by atoms with Gasteiger partial charge in [-0.3, -0.25) is 4.79 Å². The molecular weight excluding hydrogens is 335 g/mol. The van der Waals surface area contributed by atoms with Crippen LogP contribution in [0.2, 0.25) is 0 Å². The van der Waals surface area contributed by atoms with Gasteiger partial charge in [0, 0.05) is 5.82 Å². The maximum absolute atomic E-state index is 12.2. The molecule has 1 heterocycles. The molecule has 26 heavy (non-hydrogen) atoms. The summed E-state index contributed by atoms with van der Waals surface area (Å²) < 4.78 is 22.9. The van der Waals surface area contributed by atoms with Gasteiger partial charge in [0.05, 0.1) is 30.8 Å². The van der Waals surface area contributed by atoms with E-state index >= 15 is 0 Å². The molecule has 1 N–H and O–H groups in total. The first-order chi connectivity index (χ1) is 12.1. The van der Waals surface area contributed by atoms with E-state index in [4.69, 9.17) is 18.8 Å². The van der Waals surface area contributed by atoms with Crippen LogP contribution in [0.5, 0.6) is 11.5 Å². The Labute approximate surface area is 155 Å². The van der Waals surface area contributed by atoms with E-state index in [0.717, 1.165) is 5.56 Å². The molecule has 0 amide bonds. The number of hydrogen-bond donors (Lipinski definition) is 1. The lowest BCUT2D eigenvalue weighted by Gasteiger charge is -2.32. The molecule has 1 aromatic rings. The second-order valence-electron chi connectivity index (χ2n) is 7.40. The van der Waals surface area contributed by atoms with Gasteiger partial charge in [-0.1, -0.05) is 6.07 Å². The molecule has 0 spiro atoms. The minimum Gasteiger partial charge on any atom is -0.504 e. The Bertz CT molecular complexity index is 627. The highest BCUT2D eigenvalue weighted by Crippen LogP contribution is 2.43. The van der Waals surface area contributed by atoms with Crippen LogP contribution in [-0.2, 0) is 18.8 Å². The topological polar surface area (TPSA) is 74.2 Å². The highest BCUT2D eigenvalue weighted by Gasteiger charge is 2.54. The molecule has 1 aliphatic rings. The van der Waals surface area contributed by atoms with Gasteiger partial charge in [-0.2, -0.15) is 0 Å². The van der Waals surface area contributed by atoms with E-state index in [0.29, 0.717) is 19.0 Å². The highest BCUT2D eigenvalue weighted by atomic mass is 16.7. The Kier molecular flexibility index (Phi) is 6.24. The van der Waals surface area contributed by atoms with Crippen molar-refractivity contribution in [2.24, 2.45) is 0 Å². The van der Waals surface area contributed by atoms with Crippen LogP contribution in [0.15, 0.2) is 18.2 Å². The van der Waals surface area contributed by atoms with Crippen LogP contribution in [-0.4, -0.2) is 42.6 Å². The van der Waals surface area contributed by atoms with E-state index in [1.165, 1.54) is 0 Å². The second-order valence-corrected chi connectivity index (χ2v) is 7.40. The molecular formula is C19H29BO6. The fraction of sp³-hybridized carbons (Fsp3) is 0.632. The predicted octanol–water partition coefficient (Wildman–Crippen LogP) is 3.46. The van der Waals surface area contributed by atoms with E-state index in [1.54, 1.807) is 25.1 Å². The summed E-state index contributed by atoms with van der Waals surface area (Å²) >= 11 is 0. The van der Waals surface area contributed by atoms with Gasteiger partial charge in [0.2, 0.25) is 0 Å². The van der Waals surface area contributed by atoms with E-state index in [9.17, 15) is 9.90 Å². The number of phenols is 1. The molecule has 1 aliphatic heterocycles. The number of phenolic OH excluding ortho intramolecular Hbond substituents is 1. The number of ether oxygens (including phenoxy) is 2. The van der Waals surface area contributed by atoms with Crippen molar-refractivity contribution >= 4 is 13.1 Å². The number of carbonyl (C=O) groups excluding carboxylic acids is 1. The second kappa shape index (κ2) is 7.88. The summed E-state index contributed by atoms with van der Waals surface area (Å²) in [5.74, 6) is -0.275. The normalized spacial score (nSPS) is 19.2. The maximum Gasteiger partial charge on any atom is 0.466 e. The van der Waals surface area contributed by atoms with Gasteiger partial charge in [0.25, 0.3) is 0 Å². The van der Waals surface area contributed by atoms with Crippen molar-refractivity contribution in [1.82, 2.24) is 0 Å². The molecule has 0 aliphatic carbocycles. The zero-order chi connectivity index (χ0) is 19.5. The van der Waals surface area contributed by atoms with Gasteiger partial charge in [0.15, 0.2) is 11.5 Å². The third-order valence-electron chi connectivity index (χ3n) is 5.00. The average molecular weight is 364 g/mol. The summed E-state index contributed by atoms with van der Waals surface area (Å²) in [7, 11) is -0.608. The number of benzene rings is 1. The van der Waals surface area contributed by atoms with Gasteiger partial charge in [0.1, 0.15) is 0 Å². The third kappa shape index (κ3) is 4.33. The van der Waals surface area contributed by atoms with Crippen molar-refractivity contribution in [2.75, 3.05) is 13.2 Å². The lowest BCUT2D eigenvalue weighted by molar-refractivity contribution is -0.143. The number of aromatic hydroxyl groups is 1. The number of rotatable bonds is 7. The standard InChI is InChI=1S/C19H29BO6/c1-7-23-16-11-13(9-10-15(16)21)14(12-17(22)24-8-2)20-25-18(3,4)19(5,6)26-20/h9-11,14,21H,7-8,12H2,1-6H3. The fourth-order valence-corrected chi connectivity index (χ4v) is 2.86. The molecule has 0 aromatic heterocycles. The smallest absolute Gasteiger partial charge is 0.466 e. The molecule has 2 rings (SSSR count). The van der Waals surface area contributed by atoms with Crippen LogP contribution in [0.1, 0.15) is 59.3 Å². The largest absolute Gasteiger partial charge is 0.504 e. The Morgan fingerprint density at radius 2 is 1.77 bits per heavy atom. The van der Waals surface area contributed by atoms with Crippen molar-refractivity contribution in [3.05, 3.63) is 23.8 Å². The van der Waals surface area contributed by atoms with Crippen LogP contribution < -0.4 is 4.74 Å². The van der Waals surface area contributed by atoms with Gasteiger partial charge in [-0.05, 0) is 59.2 Å². The van der Waals surface area contributed by atoms with Crippen molar-refractivity contribution in [2.45, 2.75) is 65.0 Å². The zero-order valence-corrected chi connectivity index (χ0v) is 16.5. The molecule has 144 valence electrons. The van der Waals surface area contributed by atoms with Crippen LogP contribution in [0, 0.1) is 0 Å². The Hall–Kier alpha value is -1.73. The molecule has 1 unspecified atom stereocenters. The van der Waals surface area contributed by atoms with Gasteiger partial charge < -0.3 is 23.9 Å². The number of carbonyl (C=O) groups is 1. The van der Waals surface area contributed by atoms with Crippen molar-refractivity contribution < 1.29 is 28.7 Å². The Balaban J connectivity index is 2.36. The van der Waals surface area contributed by atoms with Crippen LogP contribution >= 0.6 is 0 Å². The van der Waals surface area contributed by atoms with Gasteiger partial charge in [-0.25, -0.2) is 0 Å². The maximum atomic E-state index is 12.2. The third-order valence-corrected chi connectivity index (χ3v) is 5.00. The summed E-state index contributed by atoms with van der Waals surface area (Å²) in [6.45, 7) is 12.2. The molecule has 7 heteroatoms. The predicted molar refractivity (Wildman–Crippen MR) is 99.3 cm³/mol. The van der Waals surface area contributed by atoms with Crippen molar-refractivity contribution in [3.63, 3.8) is 0 Å². The molecule has 0 bridgehead atoms. The van der Waals surface area contributed by atoms with Crippen LogP contribution in [0.3, 0.4) is 0 Å². The summed E-state index contributed by atoms with van der Waals surface area (Å²) in [5, 5.41) is 9.97. The first-order valence-corrected chi connectivity index (χ1v) is 9.08. The Morgan fingerprint density at radius 1 is 1.15 bits per heavy atom. The molecule has 0 saturated carbocycles. The molecule has 0 radical (unpaired) electrons. The summed E-state index contributed by atoms with van der Waals surface area (Å²) in [4.78, 5) is 12.2. The zero-order valence-electron chi connectivity index (χ0n) is 16.5. The van der Waals surface area contributed by atoms with Gasteiger partial charge in [-0.15, -0.1) is 0 Å².